The molecule has 0 amide bonds. The minimum Gasteiger partial charge on any atom is -0.330 e. The molecule has 0 bridgehead atoms. The Morgan fingerprint density at radius 3 is 2.50 bits per heavy atom. The van der Waals surface area contributed by atoms with Gasteiger partial charge in [0.1, 0.15) is 0 Å². The zero-order chi connectivity index (χ0) is 10.6. The monoisotopic (exact) mass is 231 g/mol. The van der Waals surface area contributed by atoms with Crippen molar-refractivity contribution in [3.63, 3.8) is 0 Å². The van der Waals surface area contributed by atoms with E-state index in [-0.39, 0.29) is 5.25 Å². The number of halogens is 1. The van der Waals surface area contributed by atoms with Crippen LogP contribution < -0.4 is 5.73 Å². The summed E-state index contributed by atoms with van der Waals surface area (Å²) in [6, 6.07) is 7.10. The van der Waals surface area contributed by atoms with Crippen molar-refractivity contribution in [3.05, 3.63) is 29.3 Å². The molecule has 0 saturated carbocycles. The minimum atomic E-state index is -0.975. The second-order valence-corrected chi connectivity index (χ2v) is 5.45. The summed E-state index contributed by atoms with van der Waals surface area (Å²) in [5, 5.41) is 0.762. The van der Waals surface area contributed by atoms with Crippen LogP contribution in [0.2, 0.25) is 5.02 Å². The van der Waals surface area contributed by atoms with Gasteiger partial charge in [0.05, 0.1) is 10.8 Å². The molecule has 78 valence electrons. The minimum absolute atomic E-state index is 0.0983. The predicted molar refractivity (Wildman–Crippen MR) is 61.0 cm³/mol. The van der Waals surface area contributed by atoms with Crippen molar-refractivity contribution in [2.24, 2.45) is 5.73 Å². The maximum atomic E-state index is 11.9. The van der Waals surface area contributed by atoms with E-state index in [0.717, 1.165) is 11.3 Å². The van der Waals surface area contributed by atoms with Crippen LogP contribution in [-0.2, 0) is 10.8 Å². The lowest BCUT2D eigenvalue weighted by atomic mass is 10.3. The third-order valence-electron chi connectivity index (χ3n) is 1.98. The largest absolute Gasteiger partial charge is 0.330 e. The van der Waals surface area contributed by atoms with E-state index in [2.05, 4.69) is 0 Å². The topological polar surface area (TPSA) is 43.1 Å². The molecule has 0 heterocycles. The molecule has 0 fully saturated rings. The molecule has 14 heavy (non-hydrogen) atoms. The predicted octanol–water partition coefficient (Wildman–Crippen LogP) is 2.18. The highest BCUT2D eigenvalue weighted by Gasteiger charge is 2.11. The van der Waals surface area contributed by atoms with Crippen molar-refractivity contribution in [2.75, 3.05) is 6.54 Å². The van der Waals surface area contributed by atoms with Crippen LogP contribution in [0.5, 0.6) is 0 Å². The van der Waals surface area contributed by atoms with Crippen molar-refractivity contribution in [3.8, 4) is 0 Å². The van der Waals surface area contributed by atoms with E-state index in [1.807, 2.05) is 6.92 Å². The Morgan fingerprint density at radius 2 is 2.00 bits per heavy atom. The van der Waals surface area contributed by atoms with Crippen LogP contribution in [0.1, 0.15) is 13.3 Å². The molecule has 0 aromatic heterocycles. The van der Waals surface area contributed by atoms with Gasteiger partial charge in [0.15, 0.2) is 0 Å². The third kappa shape index (κ3) is 3.08. The molecule has 0 aliphatic heterocycles. The molecule has 0 aliphatic carbocycles. The summed E-state index contributed by atoms with van der Waals surface area (Å²) in [7, 11) is -0.975. The van der Waals surface area contributed by atoms with E-state index in [9.17, 15) is 4.21 Å². The van der Waals surface area contributed by atoms with Crippen molar-refractivity contribution in [1.82, 2.24) is 0 Å². The van der Waals surface area contributed by atoms with Crippen LogP contribution in [0.3, 0.4) is 0 Å². The van der Waals surface area contributed by atoms with E-state index < -0.39 is 10.8 Å². The van der Waals surface area contributed by atoms with Crippen LogP contribution in [0.4, 0.5) is 0 Å². The zero-order valence-corrected chi connectivity index (χ0v) is 9.65. The molecule has 0 aliphatic rings. The molecule has 0 saturated heterocycles. The first kappa shape index (κ1) is 11.7. The van der Waals surface area contributed by atoms with Crippen LogP contribution >= 0.6 is 11.6 Å². The summed E-state index contributed by atoms with van der Waals surface area (Å²) in [6.45, 7) is 2.51. The van der Waals surface area contributed by atoms with Crippen molar-refractivity contribution in [2.45, 2.75) is 23.5 Å². The quantitative estimate of drug-likeness (QED) is 0.863. The standard InChI is InChI=1S/C10H14ClNOS/c1-8(6-7-12)14(13)10-4-2-9(11)3-5-10/h2-5,8H,6-7,12H2,1H3. The van der Waals surface area contributed by atoms with Gasteiger partial charge < -0.3 is 5.73 Å². The van der Waals surface area contributed by atoms with Gasteiger partial charge in [-0.1, -0.05) is 18.5 Å². The van der Waals surface area contributed by atoms with Gasteiger partial charge in [-0.25, -0.2) is 0 Å². The van der Waals surface area contributed by atoms with E-state index >= 15 is 0 Å². The van der Waals surface area contributed by atoms with Gasteiger partial charge >= 0.3 is 0 Å². The molecule has 2 N–H and O–H groups in total. The first-order valence-corrected chi connectivity index (χ1v) is 6.10. The Kier molecular flexibility index (Phi) is 4.58. The average Bonchev–Trinajstić information content (AvgIpc) is 2.18. The fourth-order valence-electron chi connectivity index (χ4n) is 1.14. The molecule has 2 unspecified atom stereocenters. The summed E-state index contributed by atoms with van der Waals surface area (Å²) in [5.41, 5.74) is 5.41. The summed E-state index contributed by atoms with van der Waals surface area (Å²) in [6.07, 6.45) is 0.773. The third-order valence-corrected chi connectivity index (χ3v) is 3.94. The lowest BCUT2D eigenvalue weighted by Crippen LogP contribution is -2.16. The van der Waals surface area contributed by atoms with Gasteiger partial charge in [0.2, 0.25) is 0 Å². The summed E-state index contributed by atoms with van der Waals surface area (Å²) >= 11 is 5.74. The average molecular weight is 232 g/mol. The smallest absolute Gasteiger partial charge is 0.0558 e. The van der Waals surface area contributed by atoms with Gasteiger partial charge in [0.25, 0.3) is 0 Å². The van der Waals surface area contributed by atoms with Crippen molar-refractivity contribution in [1.29, 1.82) is 0 Å². The Labute approximate surface area is 91.9 Å². The number of benzene rings is 1. The van der Waals surface area contributed by atoms with Crippen molar-refractivity contribution < 1.29 is 4.21 Å². The Morgan fingerprint density at radius 1 is 1.43 bits per heavy atom. The summed E-state index contributed by atoms with van der Waals surface area (Å²) in [5.74, 6) is 0. The second-order valence-electron chi connectivity index (χ2n) is 3.14. The fourth-order valence-corrected chi connectivity index (χ4v) is 2.49. The molecule has 4 heteroatoms. The van der Waals surface area contributed by atoms with Gasteiger partial charge in [-0.15, -0.1) is 0 Å². The van der Waals surface area contributed by atoms with E-state index in [1.165, 1.54) is 0 Å². The normalized spacial score (nSPS) is 15.1. The fraction of sp³-hybridized carbons (Fsp3) is 0.400. The van der Waals surface area contributed by atoms with Crippen LogP contribution in [-0.4, -0.2) is 16.0 Å². The van der Waals surface area contributed by atoms with Gasteiger partial charge in [-0.2, -0.15) is 0 Å². The second kappa shape index (κ2) is 5.49. The number of rotatable bonds is 4. The molecule has 1 rings (SSSR count). The van der Waals surface area contributed by atoms with Crippen molar-refractivity contribution >= 4 is 22.4 Å². The number of hydrogen-bond acceptors (Lipinski definition) is 2. The van der Waals surface area contributed by atoms with Gasteiger partial charge in [-0.05, 0) is 37.2 Å². The lowest BCUT2D eigenvalue weighted by Gasteiger charge is -2.09. The maximum absolute atomic E-state index is 11.9. The molecule has 1 aromatic rings. The van der Waals surface area contributed by atoms with Gasteiger partial charge in [-0.3, -0.25) is 4.21 Å². The molecular formula is C10H14ClNOS. The van der Waals surface area contributed by atoms with Crippen LogP contribution in [0.25, 0.3) is 0 Å². The SMILES string of the molecule is CC(CCN)S(=O)c1ccc(Cl)cc1. The number of hydrogen-bond donors (Lipinski definition) is 1. The highest BCUT2D eigenvalue weighted by molar-refractivity contribution is 7.85. The zero-order valence-electron chi connectivity index (χ0n) is 8.07. The highest BCUT2D eigenvalue weighted by atomic mass is 35.5. The summed E-state index contributed by atoms with van der Waals surface area (Å²) in [4.78, 5) is 0.815. The maximum Gasteiger partial charge on any atom is 0.0558 e. The molecule has 2 nitrogen and oxygen atoms in total. The van der Waals surface area contributed by atoms with E-state index in [1.54, 1.807) is 24.3 Å². The van der Waals surface area contributed by atoms with E-state index in [4.69, 9.17) is 17.3 Å². The molecule has 1 aromatic carbocycles. The van der Waals surface area contributed by atoms with Crippen LogP contribution in [0.15, 0.2) is 29.2 Å². The first-order chi connectivity index (χ1) is 6.65. The highest BCUT2D eigenvalue weighted by Crippen LogP contribution is 2.16. The first-order valence-electron chi connectivity index (χ1n) is 4.51. The van der Waals surface area contributed by atoms with Crippen LogP contribution in [0, 0.1) is 0 Å². The Bertz CT molecular complexity index is 312. The Balaban J connectivity index is 2.74. The number of nitrogens with two attached hydrogens (primary N) is 1. The molecule has 2 atom stereocenters. The molecular weight excluding hydrogens is 218 g/mol. The summed E-state index contributed by atoms with van der Waals surface area (Å²) < 4.78 is 11.9. The lowest BCUT2D eigenvalue weighted by molar-refractivity contribution is 0.666. The van der Waals surface area contributed by atoms with E-state index in [0.29, 0.717) is 11.6 Å². The van der Waals surface area contributed by atoms with Gasteiger partial charge in [0, 0.05) is 15.2 Å². The molecule has 0 radical (unpaired) electrons. The molecule has 0 spiro atoms. The Hall–Kier alpha value is -0.380.